The summed E-state index contributed by atoms with van der Waals surface area (Å²) in [6.45, 7) is 3.35. The predicted molar refractivity (Wildman–Crippen MR) is 82.6 cm³/mol. The average Bonchev–Trinajstić information content (AvgIpc) is 2.53. The number of carbonyl (C=O) groups is 1. The lowest BCUT2D eigenvalue weighted by atomic mass is 10.1. The molecular formula is C16H15NO2S. The minimum absolute atomic E-state index is 0.373. The first-order chi connectivity index (χ1) is 9.72. The van der Waals surface area contributed by atoms with Crippen molar-refractivity contribution < 1.29 is 9.63 Å². The van der Waals surface area contributed by atoms with Crippen molar-refractivity contribution in [2.75, 3.05) is 6.26 Å². The minimum atomic E-state index is -0.373. The van der Waals surface area contributed by atoms with Gasteiger partial charge in [0, 0.05) is 4.90 Å². The van der Waals surface area contributed by atoms with Crippen LogP contribution in [0, 0.1) is 0 Å². The standard InChI is InChI=1S/C16H15NO2S/c1-3-16(18)17-19-14-8-4-12(5-9-14)13-6-10-15(20-2)11-7-13/h3-11H,1H2,2H3,(H,17,18). The van der Waals surface area contributed by atoms with E-state index in [0.717, 1.165) is 17.2 Å². The van der Waals surface area contributed by atoms with Crippen LogP contribution in [0.25, 0.3) is 11.1 Å². The van der Waals surface area contributed by atoms with Gasteiger partial charge >= 0.3 is 0 Å². The fraction of sp³-hybridized carbons (Fsp3) is 0.0625. The third-order valence-electron chi connectivity index (χ3n) is 2.73. The summed E-state index contributed by atoms with van der Waals surface area (Å²) < 4.78 is 0. The van der Waals surface area contributed by atoms with E-state index >= 15 is 0 Å². The van der Waals surface area contributed by atoms with Gasteiger partial charge in [-0.05, 0) is 47.7 Å². The van der Waals surface area contributed by atoms with Crippen LogP contribution in [-0.2, 0) is 4.79 Å². The maximum Gasteiger partial charge on any atom is 0.276 e. The van der Waals surface area contributed by atoms with Crippen molar-refractivity contribution in [3.63, 3.8) is 0 Å². The van der Waals surface area contributed by atoms with Gasteiger partial charge in [-0.1, -0.05) is 30.8 Å². The first-order valence-corrected chi connectivity index (χ1v) is 7.29. The summed E-state index contributed by atoms with van der Waals surface area (Å²) >= 11 is 1.72. The van der Waals surface area contributed by atoms with E-state index in [9.17, 15) is 4.79 Å². The van der Waals surface area contributed by atoms with E-state index in [2.05, 4.69) is 42.6 Å². The second kappa shape index (κ2) is 6.82. The van der Waals surface area contributed by atoms with Gasteiger partial charge in [0.2, 0.25) is 0 Å². The normalized spacial score (nSPS) is 9.85. The fourth-order valence-electron chi connectivity index (χ4n) is 1.65. The number of amides is 1. The van der Waals surface area contributed by atoms with E-state index in [1.165, 1.54) is 4.90 Å². The van der Waals surface area contributed by atoms with Crippen LogP contribution in [0.4, 0.5) is 0 Å². The molecule has 0 aliphatic rings. The highest BCUT2D eigenvalue weighted by atomic mass is 32.2. The van der Waals surface area contributed by atoms with Gasteiger partial charge < -0.3 is 4.84 Å². The van der Waals surface area contributed by atoms with Crippen LogP contribution < -0.4 is 10.3 Å². The van der Waals surface area contributed by atoms with Crippen LogP contribution >= 0.6 is 11.8 Å². The summed E-state index contributed by atoms with van der Waals surface area (Å²) in [4.78, 5) is 17.3. The molecule has 0 unspecified atom stereocenters. The first-order valence-electron chi connectivity index (χ1n) is 6.06. The highest BCUT2D eigenvalue weighted by Gasteiger charge is 2.00. The lowest BCUT2D eigenvalue weighted by molar-refractivity contribution is -0.122. The van der Waals surface area contributed by atoms with Crippen LogP contribution in [0.5, 0.6) is 5.75 Å². The zero-order valence-electron chi connectivity index (χ0n) is 11.1. The van der Waals surface area contributed by atoms with Crippen molar-refractivity contribution >= 4 is 17.7 Å². The highest BCUT2D eigenvalue weighted by molar-refractivity contribution is 7.98. The van der Waals surface area contributed by atoms with Gasteiger partial charge in [0.25, 0.3) is 5.91 Å². The molecule has 2 aromatic carbocycles. The van der Waals surface area contributed by atoms with Crippen molar-refractivity contribution in [1.82, 2.24) is 5.48 Å². The van der Waals surface area contributed by atoms with Crippen molar-refractivity contribution in [3.8, 4) is 16.9 Å². The molecule has 0 spiro atoms. The van der Waals surface area contributed by atoms with E-state index in [1.54, 1.807) is 23.9 Å². The Hall–Kier alpha value is -2.20. The molecule has 2 rings (SSSR count). The number of nitrogens with one attached hydrogen (secondary N) is 1. The van der Waals surface area contributed by atoms with Gasteiger partial charge in [0.1, 0.15) is 0 Å². The molecule has 0 aliphatic carbocycles. The van der Waals surface area contributed by atoms with Gasteiger partial charge in [0.05, 0.1) is 0 Å². The summed E-state index contributed by atoms with van der Waals surface area (Å²) in [7, 11) is 0. The van der Waals surface area contributed by atoms with Crippen molar-refractivity contribution in [2.24, 2.45) is 0 Å². The topological polar surface area (TPSA) is 38.3 Å². The lowest BCUT2D eigenvalue weighted by Gasteiger charge is -2.07. The molecule has 0 saturated carbocycles. The molecule has 0 bridgehead atoms. The third kappa shape index (κ3) is 3.65. The zero-order valence-corrected chi connectivity index (χ0v) is 11.9. The van der Waals surface area contributed by atoms with Gasteiger partial charge in [-0.15, -0.1) is 11.8 Å². The number of thioether (sulfide) groups is 1. The third-order valence-corrected chi connectivity index (χ3v) is 3.48. The second-order valence-corrected chi connectivity index (χ2v) is 4.91. The molecule has 1 amide bonds. The molecule has 1 N–H and O–H groups in total. The van der Waals surface area contributed by atoms with E-state index in [1.807, 2.05) is 12.1 Å². The maximum atomic E-state index is 11.0. The second-order valence-electron chi connectivity index (χ2n) is 4.03. The highest BCUT2D eigenvalue weighted by Crippen LogP contribution is 2.24. The summed E-state index contributed by atoms with van der Waals surface area (Å²) in [5.41, 5.74) is 4.50. The lowest BCUT2D eigenvalue weighted by Crippen LogP contribution is -2.24. The SMILES string of the molecule is C=CC(=O)NOc1ccc(-c2ccc(SC)cc2)cc1. The number of hydroxylamine groups is 1. The van der Waals surface area contributed by atoms with Gasteiger partial charge in [0.15, 0.2) is 5.75 Å². The molecule has 0 radical (unpaired) electrons. The van der Waals surface area contributed by atoms with Crippen LogP contribution in [0.3, 0.4) is 0 Å². The Balaban J connectivity index is 2.06. The summed E-state index contributed by atoms with van der Waals surface area (Å²) in [5, 5.41) is 0. The molecule has 0 aliphatic heterocycles. The molecule has 0 saturated heterocycles. The Kier molecular flexibility index (Phi) is 4.85. The molecule has 102 valence electrons. The van der Waals surface area contributed by atoms with Crippen molar-refractivity contribution in [2.45, 2.75) is 4.90 Å². The molecule has 0 aromatic heterocycles. The van der Waals surface area contributed by atoms with Crippen molar-refractivity contribution in [3.05, 3.63) is 61.2 Å². The summed E-state index contributed by atoms with van der Waals surface area (Å²) in [5.74, 6) is 0.200. The van der Waals surface area contributed by atoms with Gasteiger partial charge in [-0.25, -0.2) is 0 Å². The number of carbonyl (C=O) groups excluding carboxylic acids is 1. The monoisotopic (exact) mass is 285 g/mol. The van der Waals surface area contributed by atoms with Crippen LogP contribution in [0.1, 0.15) is 0 Å². The molecule has 2 aromatic rings. The molecule has 3 nitrogen and oxygen atoms in total. The number of hydrogen-bond acceptors (Lipinski definition) is 3. The van der Waals surface area contributed by atoms with Gasteiger partial charge in [-0.2, -0.15) is 5.48 Å². The Morgan fingerprint density at radius 1 is 1.10 bits per heavy atom. The van der Waals surface area contributed by atoms with Crippen LogP contribution in [0.15, 0.2) is 66.1 Å². The fourth-order valence-corrected chi connectivity index (χ4v) is 2.06. The quantitative estimate of drug-likeness (QED) is 0.517. The first kappa shape index (κ1) is 14.2. The summed E-state index contributed by atoms with van der Waals surface area (Å²) in [6.07, 6.45) is 3.21. The number of rotatable bonds is 5. The zero-order chi connectivity index (χ0) is 14.4. The largest absolute Gasteiger partial charge is 0.379 e. The molecular weight excluding hydrogens is 270 g/mol. The molecule has 4 heteroatoms. The van der Waals surface area contributed by atoms with Crippen LogP contribution in [0.2, 0.25) is 0 Å². The van der Waals surface area contributed by atoms with E-state index in [4.69, 9.17) is 4.84 Å². The minimum Gasteiger partial charge on any atom is -0.379 e. The number of benzene rings is 2. The maximum absolute atomic E-state index is 11.0. The predicted octanol–water partition coefficient (Wildman–Crippen LogP) is 3.67. The van der Waals surface area contributed by atoms with E-state index < -0.39 is 0 Å². The van der Waals surface area contributed by atoms with Crippen LogP contribution in [-0.4, -0.2) is 12.2 Å². The Bertz CT molecular complexity index is 591. The molecule has 20 heavy (non-hydrogen) atoms. The van der Waals surface area contributed by atoms with Gasteiger partial charge in [-0.3, -0.25) is 4.79 Å². The Morgan fingerprint density at radius 2 is 1.65 bits per heavy atom. The molecule has 0 atom stereocenters. The Morgan fingerprint density at radius 3 is 2.15 bits per heavy atom. The summed E-state index contributed by atoms with van der Waals surface area (Å²) in [6, 6.07) is 15.9. The van der Waals surface area contributed by atoms with E-state index in [0.29, 0.717) is 5.75 Å². The average molecular weight is 285 g/mol. The van der Waals surface area contributed by atoms with E-state index in [-0.39, 0.29) is 5.91 Å². The van der Waals surface area contributed by atoms with Crippen molar-refractivity contribution in [1.29, 1.82) is 0 Å². The molecule has 0 heterocycles. The molecule has 0 fully saturated rings. The number of hydrogen-bond donors (Lipinski definition) is 1. The Labute approximate surface area is 122 Å². The smallest absolute Gasteiger partial charge is 0.276 e.